The summed E-state index contributed by atoms with van der Waals surface area (Å²) in [5.41, 5.74) is 3.19. The number of nitrogens with one attached hydrogen (secondary N) is 1. The molecular weight excluding hydrogens is 202 g/mol. The lowest BCUT2D eigenvalue weighted by Crippen LogP contribution is -1.99. The van der Waals surface area contributed by atoms with Crippen LogP contribution in [-0.2, 0) is 13.6 Å². The summed E-state index contributed by atoms with van der Waals surface area (Å²) in [6, 6.07) is 5.30. The maximum absolute atomic E-state index is 9.28. The SMILES string of the molecule is Cc1cc(O)ccc1NCc1cnn(C)c1. The van der Waals surface area contributed by atoms with Gasteiger partial charge in [-0.3, -0.25) is 4.68 Å². The van der Waals surface area contributed by atoms with Crippen LogP contribution in [0.25, 0.3) is 0 Å². The Morgan fingerprint density at radius 2 is 2.25 bits per heavy atom. The van der Waals surface area contributed by atoms with E-state index in [1.165, 1.54) is 0 Å². The highest BCUT2D eigenvalue weighted by Gasteiger charge is 2.00. The zero-order valence-corrected chi connectivity index (χ0v) is 9.44. The number of aromatic hydroxyl groups is 1. The van der Waals surface area contributed by atoms with Gasteiger partial charge in [-0.05, 0) is 30.7 Å². The van der Waals surface area contributed by atoms with E-state index in [1.807, 2.05) is 32.4 Å². The number of nitrogens with zero attached hydrogens (tertiary/aromatic N) is 2. The predicted molar refractivity (Wildman–Crippen MR) is 63.4 cm³/mol. The molecule has 0 amide bonds. The maximum Gasteiger partial charge on any atom is 0.115 e. The summed E-state index contributed by atoms with van der Waals surface area (Å²) in [7, 11) is 1.90. The highest BCUT2D eigenvalue weighted by Crippen LogP contribution is 2.20. The highest BCUT2D eigenvalue weighted by atomic mass is 16.3. The third-order valence-electron chi connectivity index (χ3n) is 2.45. The quantitative estimate of drug-likeness (QED) is 0.773. The molecule has 2 rings (SSSR count). The van der Waals surface area contributed by atoms with Crippen LogP contribution in [0.4, 0.5) is 5.69 Å². The fourth-order valence-corrected chi connectivity index (χ4v) is 1.61. The topological polar surface area (TPSA) is 50.1 Å². The van der Waals surface area contributed by atoms with E-state index < -0.39 is 0 Å². The van der Waals surface area contributed by atoms with E-state index in [0.717, 1.165) is 23.4 Å². The molecule has 0 unspecified atom stereocenters. The van der Waals surface area contributed by atoms with Crippen molar-refractivity contribution in [2.45, 2.75) is 13.5 Å². The Morgan fingerprint density at radius 3 is 2.88 bits per heavy atom. The van der Waals surface area contributed by atoms with E-state index in [0.29, 0.717) is 5.75 Å². The molecule has 0 atom stereocenters. The first-order valence-corrected chi connectivity index (χ1v) is 5.16. The van der Waals surface area contributed by atoms with Crippen LogP contribution in [0.15, 0.2) is 30.6 Å². The lowest BCUT2D eigenvalue weighted by molar-refractivity contribution is 0.475. The van der Waals surface area contributed by atoms with Crippen LogP contribution in [0.5, 0.6) is 5.75 Å². The van der Waals surface area contributed by atoms with Crippen LogP contribution in [0.3, 0.4) is 0 Å². The monoisotopic (exact) mass is 217 g/mol. The fraction of sp³-hybridized carbons (Fsp3) is 0.250. The number of rotatable bonds is 3. The zero-order chi connectivity index (χ0) is 11.5. The van der Waals surface area contributed by atoms with E-state index in [2.05, 4.69) is 10.4 Å². The number of phenolic OH excluding ortho intramolecular Hbond substituents is 1. The van der Waals surface area contributed by atoms with Gasteiger partial charge in [0.25, 0.3) is 0 Å². The van der Waals surface area contributed by atoms with Crippen molar-refractivity contribution in [2.24, 2.45) is 7.05 Å². The molecule has 16 heavy (non-hydrogen) atoms. The average Bonchev–Trinajstić information content (AvgIpc) is 2.63. The fourth-order valence-electron chi connectivity index (χ4n) is 1.61. The molecular formula is C12H15N3O. The molecule has 0 aliphatic rings. The third-order valence-corrected chi connectivity index (χ3v) is 2.45. The van der Waals surface area contributed by atoms with E-state index in [4.69, 9.17) is 0 Å². The van der Waals surface area contributed by atoms with E-state index in [-0.39, 0.29) is 0 Å². The Morgan fingerprint density at radius 1 is 1.44 bits per heavy atom. The van der Waals surface area contributed by atoms with Crippen LogP contribution in [-0.4, -0.2) is 14.9 Å². The van der Waals surface area contributed by atoms with Crippen molar-refractivity contribution in [3.05, 3.63) is 41.7 Å². The van der Waals surface area contributed by atoms with Gasteiger partial charge in [0.05, 0.1) is 6.20 Å². The maximum atomic E-state index is 9.28. The Labute approximate surface area is 94.5 Å². The van der Waals surface area contributed by atoms with E-state index in [9.17, 15) is 5.11 Å². The lowest BCUT2D eigenvalue weighted by atomic mass is 10.2. The molecule has 0 bridgehead atoms. The number of aryl methyl sites for hydroxylation is 2. The third kappa shape index (κ3) is 2.34. The minimum absolute atomic E-state index is 0.296. The molecule has 4 nitrogen and oxygen atoms in total. The zero-order valence-electron chi connectivity index (χ0n) is 9.44. The molecule has 0 spiro atoms. The molecule has 0 saturated heterocycles. The first-order valence-electron chi connectivity index (χ1n) is 5.16. The summed E-state index contributed by atoms with van der Waals surface area (Å²) < 4.78 is 1.78. The summed E-state index contributed by atoms with van der Waals surface area (Å²) in [6.07, 6.45) is 3.81. The summed E-state index contributed by atoms with van der Waals surface area (Å²) in [4.78, 5) is 0. The Kier molecular flexibility index (Phi) is 2.81. The van der Waals surface area contributed by atoms with Gasteiger partial charge < -0.3 is 10.4 Å². The number of phenols is 1. The van der Waals surface area contributed by atoms with Crippen molar-refractivity contribution in [2.75, 3.05) is 5.32 Å². The molecule has 2 aromatic rings. The van der Waals surface area contributed by atoms with Gasteiger partial charge >= 0.3 is 0 Å². The molecule has 1 aromatic heterocycles. The molecule has 84 valence electrons. The number of aromatic nitrogens is 2. The molecule has 2 N–H and O–H groups in total. The summed E-state index contributed by atoms with van der Waals surface area (Å²) >= 11 is 0. The standard InChI is InChI=1S/C12H15N3O/c1-9-5-11(16)3-4-12(9)13-6-10-7-14-15(2)8-10/h3-5,7-8,13,16H,6H2,1-2H3. The van der Waals surface area contributed by atoms with E-state index in [1.54, 1.807) is 16.8 Å². The second-order valence-electron chi connectivity index (χ2n) is 3.88. The number of hydrogen-bond donors (Lipinski definition) is 2. The first-order chi connectivity index (χ1) is 7.65. The van der Waals surface area contributed by atoms with Crippen LogP contribution >= 0.6 is 0 Å². The molecule has 1 aromatic carbocycles. The molecule has 0 saturated carbocycles. The van der Waals surface area contributed by atoms with Gasteiger partial charge in [-0.1, -0.05) is 0 Å². The summed E-state index contributed by atoms with van der Waals surface area (Å²) in [6.45, 7) is 2.70. The average molecular weight is 217 g/mol. The lowest BCUT2D eigenvalue weighted by Gasteiger charge is -2.08. The molecule has 0 aliphatic heterocycles. The highest BCUT2D eigenvalue weighted by molar-refractivity contribution is 5.53. The van der Waals surface area contributed by atoms with Crippen molar-refractivity contribution < 1.29 is 5.11 Å². The summed E-state index contributed by atoms with van der Waals surface area (Å²) in [5.74, 6) is 0.296. The predicted octanol–water partition coefficient (Wildman–Crippen LogP) is 2.05. The molecule has 0 radical (unpaired) electrons. The largest absolute Gasteiger partial charge is 0.508 e. The smallest absolute Gasteiger partial charge is 0.115 e. The van der Waals surface area contributed by atoms with Gasteiger partial charge in [0.15, 0.2) is 0 Å². The van der Waals surface area contributed by atoms with Gasteiger partial charge in [-0.2, -0.15) is 5.10 Å². The van der Waals surface area contributed by atoms with Crippen LogP contribution < -0.4 is 5.32 Å². The number of benzene rings is 1. The van der Waals surface area contributed by atoms with Crippen LogP contribution in [0.2, 0.25) is 0 Å². The van der Waals surface area contributed by atoms with Crippen molar-refractivity contribution in [1.29, 1.82) is 0 Å². The Balaban J connectivity index is 2.04. The van der Waals surface area contributed by atoms with Gasteiger partial charge in [0.2, 0.25) is 0 Å². The molecule has 0 fully saturated rings. The number of anilines is 1. The normalized spacial score (nSPS) is 10.4. The molecule has 0 aliphatic carbocycles. The first kappa shape index (κ1) is 10.5. The van der Waals surface area contributed by atoms with E-state index >= 15 is 0 Å². The molecule has 4 heteroatoms. The van der Waals surface area contributed by atoms with Gasteiger partial charge in [0, 0.05) is 31.0 Å². The van der Waals surface area contributed by atoms with Crippen molar-refractivity contribution in [1.82, 2.24) is 9.78 Å². The second kappa shape index (κ2) is 4.26. The van der Waals surface area contributed by atoms with Gasteiger partial charge in [-0.25, -0.2) is 0 Å². The number of hydrogen-bond acceptors (Lipinski definition) is 3. The minimum atomic E-state index is 0.296. The van der Waals surface area contributed by atoms with Crippen LogP contribution in [0, 0.1) is 6.92 Å². The van der Waals surface area contributed by atoms with Crippen LogP contribution in [0.1, 0.15) is 11.1 Å². The summed E-state index contributed by atoms with van der Waals surface area (Å²) in [5, 5.41) is 16.7. The minimum Gasteiger partial charge on any atom is -0.508 e. The van der Waals surface area contributed by atoms with Gasteiger partial charge in [0.1, 0.15) is 5.75 Å². The van der Waals surface area contributed by atoms with Crippen molar-refractivity contribution >= 4 is 5.69 Å². The van der Waals surface area contributed by atoms with Gasteiger partial charge in [-0.15, -0.1) is 0 Å². The molecule has 1 heterocycles. The Bertz CT molecular complexity index is 491. The second-order valence-corrected chi connectivity index (χ2v) is 3.88. The Hall–Kier alpha value is -1.97. The van der Waals surface area contributed by atoms with Crippen molar-refractivity contribution in [3.8, 4) is 5.75 Å². The van der Waals surface area contributed by atoms with Crippen molar-refractivity contribution in [3.63, 3.8) is 0 Å².